The minimum absolute atomic E-state index is 0.107. The van der Waals surface area contributed by atoms with E-state index in [0.717, 1.165) is 35.1 Å². The number of sulfone groups is 1. The average Bonchev–Trinajstić information content (AvgIpc) is 3.46. The molecule has 0 unspecified atom stereocenters. The van der Waals surface area contributed by atoms with Crippen molar-refractivity contribution in [3.05, 3.63) is 28.7 Å². The Bertz CT molecular complexity index is 817. The van der Waals surface area contributed by atoms with Gasteiger partial charge in [-0.15, -0.1) is 0 Å². The highest BCUT2D eigenvalue weighted by atomic mass is 79.9. The number of carbonyl (C=O) groups is 2. The number of benzene rings is 1. The lowest BCUT2D eigenvalue weighted by Gasteiger charge is -2.26. The maximum absolute atomic E-state index is 12.9. The van der Waals surface area contributed by atoms with E-state index in [4.69, 9.17) is 0 Å². The van der Waals surface area contributed by atoms with Crippen LogP contribution in [0, 0.1) is 11.8 Å². The van der Waals surface area contributed by atoms with Crippen molar-refractivity contribution in [2.75, 3.05) is 12.3 Å². The molecule has 2 saturated carbocycles. The number of nitrogens with one attached hydrogen (secondary N) is 1. The zero-order valence-corrected chi connectivity index (χ0v) is 16.0. The standard InChI is InChI=1S/C17H19BrN2O4S/c18-13-5-7-14(8-6-13)25(23,24)10-9-20-15(21)17(11-1-2-11,12-3-4-12)19-16(20)22/h5-8,11-12H,1-4,9-10H2,(H,19,22). The highest BCUT2D eigenvalue weighted by Crippen LogP contribution is 2.54. The van der Waals surface area contributed by atoms with Gasteiger partial charge in [-0.25, -0.2) is 13.2 Å². The number of halogens is 1. The molecule has 0 aromatic heterocycles. The predicted octanol–water partition coefficient (Wildman–Crippen LogP) is 2.33. The van der Waals surface area contributed by atoms with Crippen LogP contribution in [0.2, 0.25) is 0 Å². The maximum Gasteiger partial charge on any atom is 0.325 e. The molecule has 1 heterocycles. The lowest BCUT2D eigenvalue weighted by molar-refractivity contribution is -0.132. The minimum Gasteiger partial charge on any atom is -0.323 e. The van der Waals surface area contributed by atoms with Crippen LogP contribution < -0.4 is 5.32 Å². The molecule has 1 aliphatic heterocycles. The Labute approximate surface area is 155 Å². The highest BCUT2D eigenvalue weighted by molar-refractivity contribution is 9.10. The summed E-state index contributed by atoms with van der Waals surface area (Å²) in [4.78, 5) is 26.6. The quantitative estimate of drug-likeness (QED) is 0.707. The van der Waals surface area contributed by atoms with Crippen LogP contribution in [0.1, 0.15) is 25.7 Å². The molecule has 0 spiro atoms. The molecular weight excluding hydrogens is 408 g/mol. The van der Waals surface area contributed by atoms with Gasteiger partial charge in [0.25, 0.3) is 5.91 Å². The summed E-state index contributed by atoms with van der Waals surface area (Å²) in [5.74, 6) is -0.0679. The van der Waals surface area contributed by atoms with Crippen LogP contribution in [-0.2, 0) is 14.6 Å². The van der Waals surface area contributed by atoms with Crippen molar-refractivity contribution in [3.8, 4) is 0 Å². The zero-order valence-electron chi connectivity index (χ0n) is 13.6. The molecule has 0 bridgehead atoms. The van der Waals surface area contributed by atoms with Crippen LogP contribution >= 0.6 is 15.9 Å². The third-order valence-electron chi connectivity index (χ3n) is 5.36. The Morgan fingerprint density at radius 2 is 1.64 bits per heavy atom. The Hall–Kier alpha value is -1.41. The molecule has 3 fully saturated rings. The number of imide groups is 1. The van der Waals surface area contributed by atoms with Gasteiger partial charge in [0, 0.05) is 11.0 Å². The van der Waals surface area contributed by atoms with Gasteiger partial charge in [0.2, 0.25) is 0 Å². The molecule has 0 radical (unpaired) electrons. The highest BCUT2D eigenvalue weighted by Gasteiger charge is 2.65. The summed E-state index contributed by atoms with van der Waals surface area (Å²) in [7, 11) is -3.55. The smallest absolute Gasteiger partial charge is 0.323 e. The van der Waals surface area contributed by atoms with Crippen LogP contribution in [0.25, 0.3) is 0 Å². The SMILES string of the molecule is O=C1NC(C2CC2)(C2CC2)C(=O)N1CCS(=O)(=O)c1ccc(Br)cc1. The molecule has 1 saturated heterocycles. The monoisotopic (exact) mass is 426 g/mol. The third kappa shape index (κ3) is 2.89. The van der Waals surface area contributed by atoms with Crippen molar-refractivity contribution in [1.82, 2.24) is 10.2 Å². The Morgan fingerprint density at radius 1 is 1.08 bits per heavy atom. The molecule has 4 rings (SSSR count). The van der Waals surface area contributed by atoms with Gasteiger partial charge in [-0.05, 0) is 61.8 Å². The topological polar surface area (TPSA) is 83.6 Å². The first-order chi connectivity index (χ1) is 11.8. The van der Waals surface area contributed by atoms with Gasteiger partial charge in [-0.3, -0.25) is 9.69 Å². The van der Waals surface area contributed by atoms with Gasteiger partial charge in [-0.2, -0.15) is 0 Å². The summed E-state index contributed by atoms with van der Waals surface area (Å²) in [5, 5.41) is 2.91. The molecular formula is C17H19BrN2O4S. The summed E-state index contributed by atoms with van der Waals surface area (Å²) in [6.45, 7) is -0.107. The lowest BCUT2D eigenvalue weighted by Crippen LogP contribution is -2.51. The van der Waals surface area contributed by atoms with Crippen molar-refractivity contribution in [2.45, 2.75) is 36.1 Å². The van der Waals surface area contributed by atoms with Crippen LogP contribution in [0.5, 0.6) is 0 Å². The van der Waals surface area contributed by atoms with Gasteiger partial charge in [0.1, 0.15) is 5.54 Å². The van der Waals surface area contributed by atoms with E-state index < -0.39 is 21.4 Å². The van der Waals surface area contributed by atoms with E-state index in [1.807, 2.05) is 0 Å². The van der Waals surface area contributed by atoms with E-state index in [2.05, 4.69) is 21.2 Å². The second-order valence-electron chi connectivity index (χ2n) is 7.08. The fourth-order valence-electron chi connectivity index (χ4n) is 3.75. The van der Waals surface area contributed by atoms with E-state index in [-0.39, 0.29) is 34.9 Å². The Balaban J connectivity index is 1.50. The zero-order chi connectivity index (χ0) is 17.8. The summed E-state index contributed by atoms with van der Waals surface area (Å²) in [5.41, 5.74) is -0.765. The second-order valence-corrected chi connectivity index (χ2v) is 10.1. The van der Waals surface area contributed by atoms with E-state index in [1.165, 1.54) is 12.1 Å². The first kappa shape index (κ1) is 17.0. The molecule has 1 N–H and O–H groups in total. The van der Waals surface area contributed by atoms with Crippen molar-refractivity contribution >= 4 is 37.7 Å². The van der Waals surface area contributed by atoms with Crippen molar-refractivity contribution in [2.24, 2.45) is 11.8 Å². The largest absolute Gasteiger partial charge is 0.325 e. The number of hydrogen-bond donors (Lipinski definition) is 1. The van der Waals surface area contributed by atoms with Gasteiger partial charge >= 0.3 is 6.03 Å². The predicted molar refractivity (Wildman–Crippen MR) is 94.6 cm³/mol. The molecule has 0 atom stereocenters. The lowest BCUT2D eigenvalue weighted by atomic mass is 9.87. The van der Waals surface area contributed by atoms with Crippen molar-refractivity contribution in [1.29, 1.82) is 0 Å². The van der Waals surface area contributed by atoms with Gasteiger partial charge in [-0.1, -0.05) is 15.9 Å². The summed E-state index contributed by atoms with van der Waals surface area (Å²) < 4.78 is 25.8. The molecule has 3 amide bonds. The van der Waals surface area contributed by atoms with Crippen LogP contribution in [0.3, 0.4) is 0 Å². The molecule has 1 aromatic rings. The van der Waals surface area contributed by atoms with Crippen LogP contribution in [0.4, 0.5) is 4.79 Å². The molecule has 1 aromatic carbocycles. The van der Waals surface area contributed by atoms with Crippen molar-refractivity contribution < 1.29 is 18.0 Å². The normalized spacial score (nSPS) is 23.0. The van der Waals surface area contributed by atoms with Gasteiger partial charge < -0.3 is 5.32 Å². The minimum atomic E-state index is -3.55. The van der Waals surface area contributed by atoms with Gasteiger partial charge in [0.15, 0.2) is 9.84 Å². The molecule has 8 heteroatoms. The molecule has 6 nitrogen and oxygen atoms in total. The fourth-order valence-corrected chi connectivity index (χ4v) is 5.23. The molecule has 134 valence electrons. The van der Waals surface area contributed by atoms with E-state index >= 15 is 0 Å². The first-order valence-electron chi connectivity index (χ1n) is 8.47. The number of rotatable bonds is 6. The summed E-state index contributed by atoms with van der Waals surface area (Å²) in [6.07, 6.45) is 3.81. The second kappa shape index (κ2) is 5.81. The number of carbonyl (C=O) groups excluding carboxylic acids is 2. The van der Waals surface area contributed by atoms with E-state index in [9.17, 15) is 18.0 Å². The fraction of sp³-hybridized carbons (Fsp3) is 0.529. The maximum atomic E-state index is 12.9. The molecule has 2 aliphatic carbocycles. The van der Waals surface area contributed by atoms with E-state index in [0.29, 0.717) is 0 Å². The van der Waals surface area contributed by atoms with Crippen LogP contribution in [-0.4, -0.2) is 43.1 Å². The third-order valence-corrected chi connectivity index (χ3v) is 7.60. The summed E-state index contributed by atoms with van der Waals surface area (Å²) in [6, 6.07) is 5.90. The Kier molecular flexibility index (Phi) is 3.95. The van der Waals surface area contributed by atoms with Crippen molar-refractivity contribution in [3.63, 3.8) is 0 Å². The van der Waals surface area contributed by atoms with Crippen LogP contribution in [0.15, 0.2) is 33.6 Å². The number of hydrogen-bond acceptors (Lipinski definition) is 4. The molecule has 25 heavy (non-hydrogen) atoms. The number of amides is 3. The van der Waals surface area contributed by atoms with Gasteiger partial charge in [0.05, 0.1) is 10.6 Å². The average molecular weight is 427 g/mol. The number of urea groups is 1. The Morgan fingerprint density at radius 3 is 2.16 bits per heavy atom. The number of nitrogens with zero attached hydrogens (tertiary/aromatic N) is 1. The molecule has 3 aliphatic rings. The first-order valence-corrected chi connectivity index (χ1v) is 10.9. The van der Waals surface area contributed by atoms with E-state index in [1.54, 1.807) is 12.1 Å². The summed E-state index contributed by atoms with van der Waals surface area (Å²) >= 11 is 3.27.